The third-order valence-corrected chi connectivity index (χ3v) is 1.53. The zero-order valence-electron chi connectivity index (χ0n) is 7.54. The van der Waals surface area contributed by atoms with Gasteiger partial charge in [-0.05, 0) is 0 Å². The number of hydrogen-bond donors (Lipinski definition) is 4. The number of ether oxygens (including phenoxy) is 1. The first kappa shape index (κ1) is 16.9. The molecule has 0 fully saturated rings. The standard InChI is InChI=1S/C7H12O7.Cu/c8-1-4(10)6(12)7(13)5(11)2-14-3-9;/h3-4,6-8,10,12-13H,1-2H2;/t4-,6+,7+;/m1./s1. The predicted molar refractivity (Wildman–Crippen MR) is 42.1 cm³/mol. The quantitative estimate of drug-likeness (QED) is 0.284. The Hall–Kier alpha value is -0.501. The molecule has 0 saturated heterocycles. The summed E-state index contributed by atoms with van der Waals surface area (Å²) in [5, 5.41) is 35.3. The molecule has 0 amide bonds. The molecule has 8 heteroatoms. The minimum absolute atomic E-state index is 0. The van der Waals surface area contributed by atoms with E-state index in [1.54, 1.807) is 0 Å². The average molecular weight is 272 g/mol. The van der Waals surface area contributed by atoms with Crippen molar-refractivity contribution in [3.63, 3.8) is 0 Å². The molecule has 0 bridgehead atoms. The van der Waals surface area contributed by atoms with Crippen molar-refractivity contribution < 1.29 is 51.8 Å². The molecule has 1 radical (unpaired) electrons. The second kappa shape index (κ2) is 8.78. The number of rotatable bonds is 7. The summed E-state index contributed by atoms with van der Waals surface area (Å²) in [5.41, 5.74) is 0. The van der Waals surface area contributed by atoms with Crippen LogP contribution in [0.15, 0.2) is 0 Å². The Morgan fingerprint density at radius 3 is 2.27 bits per heavy atom. The molecule has 0 heterocycles. The van der Waals surface area contributed by atoms with E-state index in [-0.39, 0.29) is 23.5 Å². The van der Waals surface area contributed by atoms with Gasteiger partial charge in [0, 0.05) is 17.1 Å². The van der Waals surface area contributed by atoms with E-state index in [2.05, 4.69) is 4.74 Å². The van der Waals surface area contributed by atoms with Crippen LogP contribution in [0.4, 0.5) is 0 Å². The normalized spacial score (nSPS) is 15.7. The van der Waals surface area contributed by atoms with Crippen molar-refractivity contribution in [1.29, 1.82) is 0 Å². The Balaban J connectivity index is 0. The van der Waals surface area contributed by atoms with Crippen molar-refractivity contribution in [2.75, 3.05) is 13.2 Å². The van der Waals surface area contributed by atoms with E-state index in [9.17, 15) is 9.59 Å². The molecule has 7 nitrogen and oxygen atoms in total. The first-order valence-corrected chi connectivity index (χ1v) is 3.77. The van der Waals surface area contributed by atoms with Crippen LogP contribution in [0.2, 0.25) is 0 Å². The fourth-order valence-electron chi connectivity index (χ4n) is 0.710. The number of carbonyl (C=O) groups excluding carboxylic acids is 2. The van der Waals surface area contributed by atoms with Crippen molar-refractivity contribution in [2.45, 2.75) is 18.3 Å². The Morgan fingerprint density at radius 2 is 1.87 bits per heavy atom. The van der Waals surface area contributed by atoms with Gasteiger partial charge in [-0.1, -0.05) is 0 Å². The first-order chi connectivity index (χ1) is 6.54. The topological polar surface area (TPSA) is 124 Å². The molecule has 0 rings (SSSR count). The molecule has 0 aliphatic rings. The second-order valence-corrected chi connectivity index (χ2v) is 2.56. The van der Waals surface area contributed by atoms with Crippen LogP contribution in [0.25, 0.3) is 0 Å². The van der Waals surface area contributed by atoms with Crippen molar-refractivity contribution in [1.82, 2.24) is 0 Å². The van der Waals surface area contributed by atoms with Crippen LogP contribution in [0, 0.1) is 0 Å². The van der Waals surface area contributed by atoms with E-state index < -0.39 is 37.3 Å². The van der Waals surface area contributed by atoms with Crippen molar-refractivity contribution in [3.8, 4) is 0 Å². The molecule has 0 aromatic rings. The van der Waals surface area contributed by atoms with Gasteiger partial charge in [-0.15, -0.1) is 0 Å². The summed E-state index contributed by atoms with van der Waals surface area (Å²) in [7, 11) is 0. The van der Waals surface area contributed by atoms with Crippen molar-refractivity contribution in [2.24, 2.45) is 0 Å². The Morgan fingerprint density at radius 1 is 1.33 bits per heavy atom. The molecule has 0 aromatic heterocycles. The van der Waals surface area contributed by atoms with Gasteiger partial charge in [0.25, 0.3) is 6.47 Å². The summed E-state index contributed by atoms with van der Waals surface area (Å²) in [6, 6.07) is 0. The van der Waals surface area contributed by atoms with E-state index >= 15 is 0 Å². The number of carbonyl (C=O) groups is 2. The van der Waals surface area contributed by atoms with Gasteiger partial charge in [0.1, 0.15) is 18.3 Å². The first-order valence-electron chi connectivity index (χ1n) is 3.77. The zero-order valence-corrected chi connectivity index (χ0v) is 8.48. The maximum atomic E-state index is 10.9. The van der Waals surface area contributed by atoms with Crippen molar-refractivity contribution in [3.05, 3.63) is 0 Å². The summed E-state index contributed by atoms with van der Waals surface area (Å²) >= 11 is 0. The molecule has 0 unspecified atom stereocenters. The number of Topliss-reactive ketones (excluding diaryl/α,β-unsaturated/α-hetero) is 1. The van der Waals surface area contributed by atoms with Crippen LogP contribution < -0.4 is 0 Å². The summed E-state index contributed by atoms with van der Waals surface area (Å²) in [4.78, 5) is 20.6. The number of aliphatic hydroxyl groups excluding tert-OH is 4. The molecule has 0 aliphatic heterocycles. The fourth-order valence-corrected chi connectivity index (χ4v) is 0.710. The molecule has 0 aliphatic carbocycles. The molecule has 15 heavy (non-hydrogen) atoms. The molecule has 0 aromatic carbocycles. The van der Waals surface area contributed by atoms with Crippen molar-refractivity contribution >= 4 is 12.3 Å². The maximum Gasteiger partial charge on any atom is 0.293 e. The average Bonchev–Trinajstić information content (AvgIpc) is 2.22. The van der Waals surface area contributed by atoms with Gasteiger partial charge in [-0.25, -0.2) is 0 Å². The number of ketones is 1. The predicted octanol–water partition coefficient (Wildman–Crippen LogP) is -3.20. The monoisotopic (exact) mass is 271 g/mol. The fraction of sp³-hybridized carbons (Fsp3) is 0.714. The Kier molecular flexibility index (Phi) is 9.90. The van der Waals surface area contributed by atoms with Gasteiger partial charge in [-0.2, -0.15) is 0 Å². The molecule has 4 N–H and O–H groups in total. The second-order valence-electron chi connectivity index (χ2n) is 2.56. The van der Waals surface area contributed by atoms with Crippen LogP contribution in [-0.2, 0) is 31.4 Å². The minimum Gasteiger partial charge on any atom is -0.460 e. The van der Waals surface area contributed by atoms with E-state index in [1.165, 1.54) is 0 Å². The van der Waals surface area contributed by atoms with Gasteiger partial charge in [0.05, 0.1) is 6.61 Å². The molecule has 93 valence electrons. The third kappa shape index (κ3) is 5.83. The number of hydrogen-bond acceptors (Lipinski definition) is 7. The van der Waals surface area contributed by atoms with Gasteiger partial charge in [0.15, 0.2) is 6.61 Å². The van der Waals surface area contributed by atoms with Crippen LogP contribution in [0.3, 0.4) is 0 Å². The van der Waals surface area contributed by atoms with Gasteiger partial charge < -0.3 is 25.2 Å². The van der Waals surface area contributed by atoms with Crippen LogP contribution in [-0.4, -0.2) is 64.2 Å². The zero-order chi connectivity index (χ0) is 11.1. The molecule has 0 spiro atoms. The number of aliphatic hydroxyl groups is 4. The van der Waals surface area contributed by atoms with Crippen LogP contribution >= 0.6 is 0 Å². The van der Waals surface area contributed by atoms with E-state index in [0.717, 1.165) is 0 Å². The van der Waals surface area contributed by atoms with E-state index in [0.29, 0.717) is 0 Å². The Bertz CT molecular complexity index is 198. The third-order valence-electron chi connectivity index (χ3n) is 1.53. The van der Waals surface area contributed by atoms with E-state index in [4.69, 9.17) is 20.4 Å². The smallest absolute Gasteiger partial charge is 0.293 e. The minimum atomic E-state index is -1.89. The molecular formula is C7H12CuO7. The summed E-state index contributed by atoms with van der Waals surface area (Å²) in [6.07, 6.45) is -5.31. The van der Waals surface area contributed by atoms with E-state index in [1.807, 2.05) is 0 Å². The van der Waals surface area contributed by atoms with Crippen LogP contribution in [0.1, 0.15) is 0 Å². The van der Waals surface area contributed by atoms with Crippen LogP contribution in [0.5, 0.6) is 0 Å². The summed E-state index contributed by atoms with van der Waals surface area (Å²) in [6.45, 7) is -1.47. The molecule has 0 saturated carbocycles. The SMILES string of the molecule is O=COCC(=O)[C@H](O)[C@@H](O)[C@H](O)CO.[Cu]. The summed E-state index contributed by atoms with van der Waals surface area (Å²) < 4.78 is 4.03. The van der Waals surface area contributed by atoms with Gasteiger partial charge in [-0.3, -0.25) is 9.59 Å². The molecule has 3 atom stereocenters. The molecular weight excluding hydrogens is 260 g/mol. The van der Waals surface area contributed by atoms with Gasteiger partial charge in [0.2, 0.25) is 5.78 Å². The van der Waals surface area contributed by atoms with Gasteiger partial charge >= 0.3 is 0 Å². The summed E-state index contributed by atoms with van der Waals surface area (Å²) in [5.74, 6) is -0.961. The maximum absolute atomic E-state index is 10.9. The largest absolute Gasteiger partial charge is 0.460 e. The Labute approximate surface area is 96.1 Å².